The average Bonchev–Trinajstić information content (AvgIpc) is 3.25. The van der Waals surface area contributed by atoms with Crippen LogP contribution in [0, 0.1) is 6.92 Å². The van der Waals surface area contributed by atoms with Crippen LogP contribution in [0.3, 0.4) is 0 Å². The third kappa shape index (κ3) is 3.49. The van der Waals surface area contributed by atoms with E-state index >= 15 is 0 Å². The van der Waals surface area contributed by atoms with Crippen molar-refractivity contribution < 1.29 is 4.74 Å². The quantitative estimate of drug-likeness (QED) is 0.741. The third-order valence-corrected chi connectivity index (χ3v) is 4.92. The molecular weight excluding hydrogens is 314 g/mol. The van der Waals surface area contributed by atoms with Crippen molar-refractivity contribution in [1.82, 2.24) is 20.2 Å². The number of nitrogens with zero attached hydrogens (tertiary/aromatic N) is 3. The molecule has 130 valence electrons. The Kier molecular flexibility index (Phi) is 4.36. The first-order valence-electron chi connectivity index (χ1n) is 8.81. The Morgan fingerprint density at radius 2 is 2.04 bits per heavy atom. The van der Waals surface area contributed by atoms with Crippen molar-refractivity contribution in [2.45, 2.75) is 51.4 Å². The van der Waals surface area contributed by atoms with Crippen LogP contribution in [0.25, 0.3) is 11.0 Å². The number of hydrogen-bond acceptors (Lipinski definition) is 5. The Bertz CT molecular complexity index is 844. The Hall–Kier alpha value is -2.47. The van der Waals surface area contributed by atoms with Gasteiger partial charge < -0.3 is 10.1 Å². The van der Waals surface area contributed by atoms with Gasteiger partial charge in [-0.3, -0.25) is 5.10 Å². The fraction of sp³-hybridized carbons (Fsp3) is 0.421. The zero-order valence-corrected chi connectivity index (χ0v) is 14.6. The number of hydrogen-bond donors (Lipinski definition) is 2. The zero-order chi connectivity index (χ0) is 17.2. The molecule has 0 radical (unpaired) electrons. The highest BCUT2D eigenvalue weighted by Gasteiger charge is 2.27. The predicted octanol–water partition coefficient (Wildman–Crippen LogP) is 3.77. The molecular formula is C19H23N5O. The second kappa shape index (κ2) is 6.80. The molecule has 1 fully saturated rings. The highest BCUT2D eigenvalue weighted by molar-refractivity contribution is 5.85. The molecule has 1 aliphatic carbocycles. The maximum Gasteiger partial charge on any atom is 0.160 e. The fourth-order valence-corrected chi connectivity index (χ4v) is 3.47. The molecule has 0 spiro atoms. The Morgan fingerprint density at radius 1 is 1.20 bits per heavy atom. The van der Waals surface area contributed by atoms with E-state index in [0.29, 0.717) is 6.04 Å². The summed E-state index contributed by atoms with van der Waals surface area (Å²) in [7, 11) is 0. The summed E-state index contributed by atoms with van der Waals surface area (Å²) in [5.74, 6) is 0.844. The van der Waals surface area contributed by atoms with Gasteiger partial charge in [-0.05, 0) is 38.7 Å². The van der Waals surface area contributed by atoms with Gasteiger partial charge in [0, 0.05) is 6.04 Å². The molecule has 3 atom stereocenters. The summed E-state index contributed by atoms with van der Waals surface area (Å²) in [5.41, 5.74) is 3.27. The predicted molar refractivity (Wildman–Crippen MR) is 97.4 cm³/mol. The molecule has 2 N–H and O–H groups in total. The van der Waals surface area contributed by atoms with Crippen molar-refractivity contribution in [2.24, 2.45) is 0 Å². The molecule has 0 amide bonds. The number of aryl methyl sites for hydroxylation is 1. The molecule has 1 aliphatic rings. The summed E-state index contributed by atoms with van der Waals surface area (Å²) >= 11 is 0. The van der Waals surface area contributed by atoms with Crippen molar-refractivity contribution in [3.8, 4) is 0 Å². The monoisotopic (exact) mass is 337 g/mol. The van der Waals surface area contributed by atoms with Crippen molar-refractivity contribution in [3.63, 3.8) is 0 Å². The van der Waals surface area contributed by atoms with Crippen LogP contribution in [0.5, 0.6) is 0 Å². The second-order valence-corrected chi connectivity index (χ2v) is 6.82. The van der Waals surface area contributed by atoms with Crippen molar-refractivity contribution >= 4 is 16.9 Å². The molecule has 1 unspecified atom stereocenters. The van der Waals surface area contributed by atoms with E-state index in [1.807, 2.05) is 0 Å². The summed E-state index contributed by atoms with van der Waals surface area (Å²) in [4.78, 5) is 8.54. The summed E-state index contributed by atoms with van der Waals surface area (Å²) in [6.07, 6.45) is 6.84. The lowest BCUT2D eigenvalue weighted by Crippen LogP contribution is -2.19. The smallest absolute Gasteiger partial charge is 0.160 e. The Balaban J connectivity index is 1.36. The van der Waals surface area contributed by atoms with Crippen LogP contribution in [-0.4, -0.2) is 32.3 Å². The Labute approximate surface area is 147 Å². The van der Waals surface area contributed by atoms with E-state index in [-0.39, 0.29) is 12.2 Å². The molecule has 1 saturated carbocycles. The zero-order valence-electron chi connectivity index (χ0n) is 14.6. The molecule has 25 heavy (non-hydrogen) atoms. The standard InChI is InChI=1S/C19H23N5O/c1-12-3-5-14(6-4-12)13(2)25-16-8-7-15(9-16)23-18-17-10-22-24-19(17)21-11-20-18/h3-6,10-11,13,15-16H,7-9H2,1-2H3,(H2,20,21,22,23,24)/t13?,15-,16-/m0/s1. The largest absolute Gasteiger partial charge is 0.371 e. The van der Waals surface area contributed by atoms with E-state index in [9.17, 15) is 0 Å². The SMILES string of the molecule is Cc1ccc(C(C)O[C@H]2CC[C@H](Nc3ncnc4[nH]ncc34)C2)cc1. The third-order valence-electron chi connectivity index (χ3n) is 4.92. The van der Waals surface area contributed by atoms with Crippen LogP contribution in [0.15, 0.2) is 36.8 Å². The second-order valence-electron chi connectivity index (χ2n) is 6.82. The number of nitrogens with one attached hydrogen (secondary N) is 2. The molecule has 1 aromatic carbocycles. The number of H-pyrrole nitrogens is 1. The molecule has 3 aromatic rings. The van der Waals surface area contributed by atoms with Crippen LogP contribution < -0.4 is 5.32 Å². The van der Waals surface area contributed by atoms with Crippen molar-refractivity contribution in [1.29, 1.82) is 0 Å². The number of rotatable bonds is 5. The van der Waals surface area contributed by atoms with Crippen molar-refractivity contribution in [3.05, 3.63) is 47.9 Å². The Morgan fingerprint density at radius 3 is 2.88 bits per heavy atom. The number of fused-ring (bicyclic) bond motifs is 1. The van der Waals surface area contributed by atoms with Gasteiger partial charge in [0.05, 0.1) is 23.8 Å². The lowest BCUT2D eigenvalue weighted by Gasteiger charge is -2.20. The average molecular weight is 337 g/mol. The maximum atomic E-state index is 6.29. The van der Waals surface area contributed by atoms with Crippen LogP contribution in [-0.2, 0) is 4.74 Å². The van der Waals surface area contributed by atoms with Gasteiger partial charge in [0.1, 0.15) is 12.1 Å². The molecule has 6 nitrogen and oxygen atoms in total. The normalized spacial score (nSPS) is 21.5. The highest BCUT2D eigenvalue weighted by Crippen LogP contribution is 2.30. The number of aromatic amines is 1. The summed E-state index contributed by atoms with van der Waals surface area (Å²) in [6.45, 7) is 4.23. The summed E-state index contributed by atoms with van der Waals surface area (Å²) in [6, 6.07) is 8.95. The molecule has 4 rings (SSSR count). The molecule has 6 heteroatoms. The number of anilines is 1. The number of benzene rings is 1. The van der Waals surface area contributed by atoms with Crippen LogP contribution in [0.1, 0.15) is 43.4 Å². The molecule has 0 saturated heterocycles. The van der Waals surface area contributed by atoms with E-state index < -0.39 is 0 Å². The lowest BCUT2D eigenvalue weighted by molar-refractivity contribution is 0.000614. The molecule has 2 heterocycles. The summed E-state index contributed by atoms with van der Waals surface area (Å²) < 4.78 is 6.29. The summed E-state index contributed by atoms with van der Waals surface area (Å²) in [5, 5.41) is 11.4. The molecule has 0 bridgehead atoms. The van der Waals surface area contributed by atoms with Gasteiger partial charge in [-0.25, -0.2) is 9.97 Å². The van der Waals surface area contributed by atoms with Gasteiger partial charge in [-0.1, -0.05) is 29.8 Å². The van der Waals surface area contributed by atoms with E-state index in [1.165, 1.54) is 11.1 Å². The molecule has 2 aromatic heterocycles. The minimum absolute atomic E-state index is 0.115. The van der Waals surface area contributed by atoms with E-state index in [4.69, 9.17) is 4.74 Å². The van der Waals surface area contributed by atoms with E-state index in [2.05, 4.69) is 63.6 Å². The topological polar surface area (TPSA) is 75.7 Å². The minimum Gasteiger partial charge on any atom is -0.371 e. The first-order valence-corrected chi connectivity index (χ1v) is 8.81. The van der Waals surface area contributed by atoms with Gasteiger partial charge in [0.15, 0.2) is 5.65 Å². The van der Waals surface area contributed by atoms with Gasteiger partial charge in [-0.2, -0.15) is 5.10 Å². The van der Waals surface area contributed by atoms with Crippen LogP contribution in [0.4, 0.5) is 5.82 Å². The van der Waals surface area contributed by atoms with Gasteiger partial charge in [-0.15, -0.1) is 0 Å². The first-order chi connectivity index (χ1) is 12.2. The van der Waals surface area contributed by atoms with Crippen LogP contribution in [0.2, 0.25) is 0 Å². The number of aromatic nitrogens is 4. The lowest BCUT2D eigenvalue weighted by atomic mass is 10.1. The van der Waals surface area contributed by atoms with E-state index in [0.717, 1.165) is 36.1 Å². The van der Waals surface area contributed by atoms with Gasteiger partial charge in [0.2, 0.25) is 0 Å². The number of ether oxygens (including phenoxy) is 1. The van der Waals surface area contributed by atoms with Crippen LogP contribution >= 0.6 is 0 Å². The molecule has 0 aliphatic heterocycles. The van der Waals surface area contributed by atoms with Gasteiger partial charge in [0.25, 0.3) is 0 Å². The first kappa shape index (κ1) is 16.0. The fourth-order valence-electron chi connectivity index (χ4n) is 3.47. The minimum atomic E-state index is 0.115. The van der Waals surface area contributed by atoms with Crippen molar-refractivity contribution in [2.75, 3.05) is 5.32 Å². The van der Waals surface area contributed by atoms with E-state index in [1.54, 1.807) is 12.5 Å². The van der Waals surface area contributed by atoms with Gasteiger partial charge >= 0.3 is 0 Å². The maximum absolute atomic E-state index is 6.29. The highest BCUT2D eigenvalue weighted by atomic mass is 16.5.